The molecule has 0 radical (unpaired) electrons. The highest BCUT2D eigenvalue weighted by Crippen LogP contribution is 2.21. The van der Waals surface area contributed by atoms with Crippen molar-refractivity contribution in [1.82, 2.24) is 30.4 Å². The van der Waals surface area contributed by atoms with Crippen molar-refractivity contribution >= 4 is 11.8 Å². The first-order valence-corrected chi connectivity index (χ1v) is 9.11. The Bertz CT molecular complexity index is 810. The third-order valence-electron chi connectivity index (χ3n) is 4.99. The molecular weight excluding hydrogens is 351 g/mol. The second-order valence-corrected chi connectivity index (χ2v) is 6.62. The molecule has 1 fully saturated rings. The lowest BCUT2D eigenvalue weighted by Crippen LogP contribution is -2.45. The molecular formula is C18H23FN6O2. The van der Waals surface area contributed by atoms with Crippen LogP contribution in [0.25, 0.3) is 0 Å². The molecule has 8 nitrogen and oxygen atoms in total. The minimum atomic E-state index is -0.508. The van der Waals surface area contributed by atoms with Gasteiger partial charge in [0, 0.05) is 30.3 Å². The fourth-order valence-electron chi connectivity index (χ4n) is 3.47. The van der Waals surface area contributed by atoms with Crippen LogP contribution in [-0.4, -0.2) is 56.1 Å². The Morgan fingerprint density at radius 1 is 1.41 bits per heavy atom. The van der Waals surface area contributed by atoms with E-state index < -0.39 is 6.04 Å². The molecule has 1 aliphatic heterocycles. The van der Waals surface area contributed by atoms with Gasteiger partial charge in [0.05, 0.1) is 0 Å². The number of nitrogens with zero attached hydrogens (tertiary/aromatic N) is 5. The zero-order valence-electron chi connectivity index (χ0n) is 15.4. The van der Waals surface area contributed by atoms with Gasteiger partial charge in [-0.2, -0.15) is 0 Å². The molecule has 0 spiro atoms. The van der Waals surface area contributed by atoms with Gasteiger partial charge in [0.25, 0.3) is 5.91 Å². The topological polar surface area (TPSA) is 93.0 Å². The van der Waals surface area contributed by atoms with Crippen LogP contribution >= 0.6 is 0 Å². The first-order chi connectivity index (χ1) is 13.0. The molecule has 1 unspecified atom stereocenters. The number of carbonyl (C=O) groups is 2. The summed E-state index contributed by atoms with van der Waals surface area (Å²) in [5, 5.41) is 13.8. The molecule has 2 amide bonds. The van der Waals surface area contributed by atoms with Crippen molar-refractivity contribution in [3.63, 3.8) is 0 Å². The second kappa shape index (κ2) is 8.24. The Balaban J connectivity index is 1.64. The number of likely N-dealkylation sites (tertiary alicyclic amines) is 1. The lowest BCUT2D eigenvalue weighted by Gasteiger charge is -2.27. The standard InChI is InChI=1S/C18H23FN6O2/c1-3-14-15(7-4-8-16(14)19)17(26)20-10-13-6-5-9-24(13)18(27)12(2)25-11-21-22-23-25/h4,7-8,11-13H,3,5-6,9-10H2,1-2H3,(H,20,26)/t12-,13?/m0/s1. The van der Waals surface area contributed by atoms with Crippen LogP contribution in [0.2, 0.25) is 0 Å². The van der Waals surface area contributed by atoms with E-state index in [1.54, 1.807) is 17.9 Å². The van der Waals surface area contributed by atoms with E-state index >= 15 is 0 Å². The molecule has 1 N–H and O–H groups in total. The van der Waals surface area contributed by atoms with Crippen LogP contribution in [0, 0.1) is 5.82 Å². The summed E-state index contributed by atoms with van der Waals surface area (Å²) in [5.41, 5.74) is 0.747. The maximum absolute atomic E-state index is 13.9. The molecule has 2 aromatic rings. The molecule has 27 heavy (non-hydrogen) atoms. The van der Waals surface area contributed by atoms with E-state index in [-0.39, 0.29) is 23.7 Å². The molecule has 1 aliphatic rings. The molecule has 0 saturated carbocycles. The van der Waals surface area contributed by atoms with Crippen molar-refractivity contribution in [1.29, 1.82) is 0 Å². The minimum Gasteiger partial charge on any atom is -0.350 e. The number of hydrogen-bond donors (Lipinski definition) is 1. The van der Waals surface area contributed by atoms with Gasteiger partial charge in [-0.3, -0.25) is 9.59 Å². The molecule has 1 saturated heterocycles. The minimum absolute atomic E-state index is 0.0842. The fraction of sp³-hybridized carbons (Fsp3) is 0.500. The summed E-state index contributed by atoms with van der Waals surface area (Å²) in [6.07, 6.45) is 3.52. The summed E-state index contributed by atoms with van der Waals surface area (Å²) >= 11 is 0. The predicted molar refractivity (Wildman–Crippen MR) is 95.4 cm³/mol. The van der Waals surface area contributed by atoms with Gasteiger partial charge in [0.15, 0.2) is 0 Å². The summed E-state index contributed by atoms with van der Waals surface area (Å²) in [6, 6.07) is 3.90. The van der Waals surface area contributed by atoms with Crippen molar-refractivity contribution in [3.05, 3.63) is 41.5 Å². The maximum atomic E-state index is 13.9. The van der Waals surface area contributed by atoms with E-state index in [1.807, 2.05) is 6.92 Å². The van der Waals surface area contributed by atoms with Crippen LogP contribution < -0.4 is 5.32 Å². The van der Waals surface area contributed by atoms with Crippen molar-refractivity contribution in [2.24, 2.45) is 0 Å². The Kier molecular flexibility index (Phi) is 5.78. The van der Waals surface area contributed by atoms with Gasteiger partial charge < -0.3 is 10.2 Å². The fourth-order valence-corrected chi connectivity index (χ4v) is 3.47. The number of aromatic nitrogens is 4. The number of halogens is 1. The number of carbonyl (C=O) groups excluding carboxylic acids is 2. The number of amides is 2. The third kappa shape index (κ3) is 3.96. The zero-order chi connectivity index (χ0) is 19.4. The van der Waals surface area contributed by atoms with Crippen LogP contribution in [0.3, 0.4) is 0 Å². The first-order valence-electron chi connectivity index (χ1n) is 9.11. The summed E-state index contributed by atoms with van der Waals surface area (Å²) in [7, 11) is 0. The van der Waals surface area contributed by atoms with Crippen molar-refractivity contribution < 1.29 is 14.0 Å². The number of rotatable bonds is 6. The number of tetrazole rings is 1. The Labute approximate surface area is 156 Å². The quantitative estimate of drug-likeness (QED) is 0.824. The highest BCUT2D eigenvalue weighted by molar-refractivity contribution is 5.95. The summed E-state index contributed by atoms with van der Waals surface area (Å²) in [5.74, 6) is -0.781. The van der Waals surface area contributed by atoms with Crippen LogP contribution in [0.4, 0.5) is 4.39 Å². The first kappa shape index (κ1) is 18.9. The molecule has 144 valence electrons. The molecule has 1 aromatic heterocycles. The van der Waals surface area contributed by atoms with Gasteiger partial charge in [-0.25, -0.2) is 9.07 Å². The van der Waals surface area contributed by atoms with E-state index in [0.717, 1.165) is 12.8 Å². The van der Waals surface area contributed by atoms with E-state index in [4.69, 9.17) is 0 Å². The summed E-state index contributed by atoms with van der Waals surface area (Å²) in [4.78, 5) is 27.0. The number of hydrogen-bond acceptors (Lipinski definition) is 5. The van der Waals surface area contributed by atoms with Crippen LogP contribution in [0.5, 0.6) is 0 Å². The van der Waals surface area contributed by atoms with Gasteiger partial charge in [-0.1, -0.05) is 13.0 Å². The van der Waals surface area contributed by atoms with E-state index in [1.165, 1.54) is 23.1 Å². The molecule has 0 aliphatic carbocycles. The van der Waals surface area contributed by atoms with Gasteiger partial charge in [0.1, 0.15) is 18.2 Å². The average Bonchev–Trinajstić information content (AvgIpc) is 3.36. The average molecular weight is 374 g/mol. The molecule has 0 bridgehead atoms. The highest BCUT2D eigenvalue weighted by atomic mass is 19.1. The Morgan fingerprint density at radius 3 is 2.93 bits per heavy atom. The lowest BCUT2D eigenvalue weighted by atomic mass is 10.0. The molecule has 2 heterocycles. The molecule has 2 atom stereocenters. The molecule has 1 aromatic carbocycles. The number of benzene rings is 1. The molecule has 9 heteroatoms. The lowest BCUT2D eigenvalue weighted by molar-refractivity contribution is -0.135. The van der Waals surface area contributed by atoms with Gasteiger partial charge in [0.2, 0.25) is 5.91 Å². The SMILES string of the molecule is CCc1c(F)cccc1C(=O)NCC1CCCN1C(=O)[C@H](C)n1cnnn1. The second-order valence-electron chi connectivity index (χ2n) is 6.62. The molecule has 3 rings (SSSR count). The van der Waals surface area contributed by atoms with Gasteiger partial charge in [-0.15, -0.1) is 5.10 Å². The predicted octanol–water partition coefficient (Wildman–Crippen LogP) is 1.36. The summed E-state index contributed by atoms with van der Waals surface area (Å²) < 4.78 is 15.3. The number of nitrogens with one attached hydrogen (secondary N) is 1. The van der Waals surface area contributed by atoms with Crippen molar-refractivity contribution in [2.45, 2.75) is 45.2 Å². The van der Waals surface area contributed by atoms with Gasteiger partial charge >= 0.3 is 0 Å². The Hall–Kier alpha value is -2.84. The van der Waals surface area contributed by atoms with Gasteiger partial charge in [-0.05, 0) is 48.7 Å². The van der Waals surface area contributed by atoms with Crippen LogP contribution in [-0.2, 0) is 11.2 Å². The highest BCUT2D eigenvalue weighted by Gasteiger charge is 2.32. The van der Waals surface area contributed by atoms with Crippen molar-refractivity contribution in [3.8, 4) is 0 Å². The maximum Gasteiger partial charge on any atom is 0.251 e. The zero-order valence-corrected chi connectivity index (χ0v) is 15.4. The normalized spacial score (nSPS) is 17.7. The monoisotopic (exact) mass is 374 g/mol. The largest absolute Gasteiger partial charge is 0.350 e. The van der Waals surface area contributed by atoms with E-state index in [2.05, 4.69) is 20.8 Å². The van der Waals surface area contributed by atoms with Crippen molar-refractivity contribution in [2.75, 3.05) is 13.1 Å². The Morgan fingerprint density at radius 2 is 2.22 bits per heavy atom. The van der Waals surface area contributed by atoms with E-state index in [0.29, 0.717) is 30.6 Å². The van der Waals surface area contributed by atoms with E-state index in [9.17, 15) is 14.0 Å². The summed E-state index contributed by atoms with van der Waals surface area (Å²) in [6.45, 7) is 4.51. The third-order valence-corrected chi connectivity index (χ3v) is 4.99. The van der Waals surface area contributed by atoms with Crippen LogP contribution in [0.1, 0.15) is 48.7 Å². The van der Waals surface area contributed by atoms with Crippen LogP contribution in [0.15, 0.2) is 24.5 Å². The smallest absolute Gasteiger partial charge is 0.251 e.